The maximum Gasteiger partial charge on any atom is 0.432 e. The molecule has 0 saturated carbocycles. The average molecular weight is 226 g/mol. The zero-order valence-electron chi connectivity index (χ0n) is 8.47. The lowest BCUT2D eigenvalue weighted by Crippen LogP contribution is -2.04. The highest BCUT2D eigenvalue weighted by Crippen LogP contribution is 2.29. The second-order valence-electron chi connectivity index (χ2n) is 3.46. The molecule has 2 aromatic rings. The molecule has 0 saturated heterocycles. The summed E-state index contributed by atoms with van der Waals surface area (Å²) in [6.45, 7) is 1.82. The van der Waals surface area contributed by atoms with E-state index in [4.69, 9.17) is 0 Å². The molecule has 1 aromatic carbocycles. The monoisotopic (exact) mass is 226 g/mol. The van der Waals surface area contributed by atoms with E-state index in [1.54, 1.807) is 12.1 Å². The molecule has 84 valence electrons. The summed E-state index contributed by atoms with van der Waals surface area (Å²) in [5.41, 5.74) is 0.731. The molecule has 0 amide bonds. The molecule has 0 aliphatic heterocycles. The van der Waals surface area contributed by atoms with Gasteiger partial charge in [0.05, 0.1) is 6.20 Å². The van der Waals surface area contributed by atoms with E-state index in [2.05, 4.69) is 9.97 Å². The number of aromatic nitrogens is 2. The molecular formula is C11H9F3N2. The Labute approximate surface area is 90.1 Å². The number of halogens is 3. The number of nitrogens with zero attached hydrogens (tertiary/aromatic N) is 1. The van der Waals surface area contributed by atoms with Gasteiger partial charge in [-0.2, -0.15) is 13.2 Å². The molecule has 0 radical (unpaired) electrons. The smallest absolute Gasteiger partial charge is 0.334 e. The van der Waals surface area contributed by atoms with Gasteiger partial charge in [-0.05, 0) is 12.5 Å². The Morgan fingerprint density at radius 2 is 1.88 bits per heavy atom. The standard InChI is InChI=1S/C11H9F3N2/c1-7-4-2-3-5-8(7)10-15-6-9(16-10)11(12,13)14/h2-6H,1H3,(H,15,16). The van der Waals surface area contributed by atoms with Crippen molar-refractivity contribution in [3.63, 3.8) is 0 Å². The van der Waals surface area contributed by atoms with Crippen molar-refractivity contribution >= 4 is 0 Å². The fourth-order valence-electron chi connectivity index (χ4n) is 1.44. The Morgan fingerprint density at radius 1 is 1.19 bits per heavy atom. The van der Waals surface area contributed by atoms with Crippen molar-refractivity contribution in [1.29, 1.82) is 0 Å². The van der Waals surface area contributed by atoms with Gasteiger partial charge < -0.3 is 4.98 Å². The van der Waals surface area contributed by atoms with Crippen LogP contribution in [-0.4, -0.2) is 9.97 Å². The number of nitrogens with one attached hydrogen (secondary N) is 1. The molecule has 1 heterocycles. The largest absolute Gasteiger partial charge is 0.432 e. The van der Waals surface area contributed by atoms with Crippen LogP contribution >= 0.6 is 0 Å². The first kappa shape index (κ1) is 10.7. The van der Waals surface area contributed by atoms with Crippen LogP contribution in [0.4, 0.5) is 13.2 Å². The van der Waals surface area contributed by atoms with Crippen molar-refractivity contribution in [2.75, 3.05) is 0 Å². The molecule has 1 N–H and O–H groups in total. The van der Waals surface area contributed by atoms with Crippen LogP contribution in [0.25, 0.3) is 11.4 Å². The van der Waals surface area contributed by atoms with E-state index < -0.39 is 11.9 Å². The third-order valence-corrected chi connectivity index (χ3v) is 2.28. The van der Waals surface area contributed by atoms with E-state index in [0.717, 1.165) is 11.8 Å². The summed E-state index contributed by atoms with van der Waals surface area (Å²) >= 11 is 0. The van der Waals surface area contributed by atoms with Gasteiger partial charge in [0.25, 0.3) is 0 Å². The second kappa shape index (κ2) is 3.66. The molecule has 5 heteroatoms. The van der Waals surface area contributed by atoms with Gasteiger partial charge in [-0.25, -0.2) is 4.98 Å². The highest BCUT2D eigenvalue weighted by atomic mass is 19.4. The lowest BCUT2D eigenvalue weighted by Gasteiger charge is -2.03. The molecule has 2 rings (SSSR count). The Morgan fingerprint density at radius 3 is 2.44 bits per heavy atom. The van der Waals surface area contributed by atoms with Crippen LogP contribution in [0.3, 0.4) is 0 Å². The van der Waals surface area contributed by atoms with Crippen LogP contribution in [0.15, 0.2) is 30.5 Å². The van der Waals surface area contributed by atoms with Crippen molar-refractivity contribution in [2.45, 2.75) is 13.1 Å². The number of H-pyrrole nitrogens is 1. The highest BCUT2D eigenvalue weighted by Gasteiger charge is 2.33. The summed E-state index contributed by atoms with van der Waals surface area (Å²) in [5.74, 6) is 0.241. The molecule has 0 fully saturated rings. The quantitative estimate of drug-likeness (QED) is 0.793. The predicted molar refractivity (Wildman–Crippen MR) is 53.8 cm³/mol. The number of hydrogen-bond acceptors (Lipinski definition) is 1. The minimum atomic E-state index is -4.38. The van der Waals surface area contributed by atoms with Crippen LogP contribution in [0.2, 0.25) is 0 Å². The summed E-state index contributed by atoms with van der Waals surface area (Å²) in [5, 5.41) is 0. The lowest BCUT2D eigenvalue weighted by atomic mass is 10.1. The van der Waals surface area contributed by atoms with Crippen LogP contribution in [-0.2, 0) is 6.18 Å². The molecule has 0 unspecified atom stereocenters. The molecule has 1 aromatic heterocycles. The van der Waals surface area contributed by atoms with Gasteiger partial charge in [-0.3, -0.25) is 0 Å². The molecular weight excluding hydrogens is 217 g/mol. The van der Waals surface area contributed by atoms with E-state index >= 15 is 0 Å². The number of hydrogen-bond donors (Lipinski definition) is 1. The number of alkyl halides is 3. The second-order valence-corrected chi connectivity index (χ2v) is 3.46. The zero-order valence-corrected chi connectivity index (χ0v) is 8.47. The maximum atomic E-state index is 12.3. The van der Waals surface area contributed by atoms with E-state index in [-0.39, 0.29) is 5.82 Å². The Hall–Kier alpha value is -1.78. The normalized spacial score (nSPS) is 11.8. The first-order chi connectivity index (χ1) is 7.48. The SMILES string of the molecule is Cc1ccccc1-c1ncc(C(F)(F)F)[nH]1. The third kappa shape index (κ3) is 1.93. The molecule has 0 atom stereocenters. The van der Waals surface area contributed by atoms with Gasteiger partial charge in [-0.1, -0.05) is 24.3 Å². The van der Waals surface area contributed by atoms with Gasteiger partial charge in [0.2, 0.25) is 0 Å². The summed E-state index contributed by atoms with van der Waals surface area (Å²) < 4.78 is 37.0. The molecule has 0 spiro atoms. The number of rotatable bonds is 1. The van der Waals surface area contributed by atoms with Crippen LogP contribution in [0.5, 0.6) is 0 Å². The molecule has 0 bridgehead atoms. The topological polar surface area (TPSA) is 28.7 Å². The molecule has 16 heavy (non-hydrogen) atoms. The fraction of sp³-hybridized carbons (Fsp3) is 0.182. The number of aryl methyl sites for hydroxylation is 1. The minimum Gasteiger partial charge on any atom is -0.334 e. The molecule has 0 aliphatic rings. The van der Waals surface area contributed by atoms with Crippen molar-refractivity contribution in [3.8, 4) is 11.4 Å². The average Bonchev–Trinajstić information content (AvgIpc) is 2.66. The van der Waals surface area contributed by atoms with Crippen LogP contribution in [0, 0.1) is 6.92 Å². The van der Waals surface area contributed by atoms with Gasteiger partial charge in [0, 0.05) is 5.56 Å². The summed E-state index contributed by atoms with van der Waals surface area (Å²) in [6, 6.07) is 7.14. The number of imidazole rings is 1. The summed E-state index contributed by atoms with van der Waals surface area (Å²) in [6.07, 6.45) is -3.57. The lowest BCUT2D eigenvalue weighted by molar-refractivity contribution is -0.140. The van der Waals surface area contributed by atoms with E-state index in [9.17, 15) is 13.2 Å². The Bertz CT molecular complexity index is 500. The minimum absolute atomic E-state index is 0.241. The van der Waals surface area contributed by atoms with Crippen LogP contribution in [0.1, 0.15) is 11.3 Å². The van der Waals surface area contributed by atoms with Gasteiger partial charge >= 0.3 is 6.18 Å². The predicted octanol–water partition coefficient (Wildman–Crippen LogP) is 3.40. The first-order valence-electron chi connectivity index (χ1n) is 4.66. The van der Waals surface area contributed by atoms with Crippen molar-refractivity contribution < 1.29 is 13.2 Å². The summed E-state index contributed by atoms with van der Waals surface area (Å²) in [4.78, 5) is 6.01. The maximum absolute atomic E-state index is 12.3. The highest BCUT2D eigenvalue weighted by molar-refractivity contribution is 5.59. The van der Waals surface area contributed by atoms with Crippen molar-refractivity contribution in [3.05, 3.63) is 41.7 Å². The molecule has 2 nitrogen and oxygen atoms in total. The number of aromatic amines is 1. The van der Waals surface area contributed by atoms with E-state index in [1.807, 2.05) is 19.1 Å². The number of benzene rings is 1. The van der Waals surface area contributed by atoms with Crippen molar-refractivity contribution in [1.82, 2.24) is 9.97 Å². The van der Waals surface area contributed by atoms with Gasteiger partial charge in [0.1, 0.15) is 11.5 Å². The van der Waals surface area contributed by atoms with Crippen LogP contribution < -0.4 is 0 Å². The Kier molecular flexibility index (Phi) is 2.46. The molecule has 0 aliphatic carbocycles. The zero-order chi connectivity index (χ0) is 11.8. The van der Waals surface area contributed by atoms with Gasteiger partial charge in [-0.15, -0.1) is 0 Å². The Balaban J connectivity index is 2.44. The van der Waals surface area contributed by atoms with Crippen molar-refractivity contribution in [2.24, 2.45) is 0 Å². The first-order valence-corrected chi connectivity index (χ1v) is 4.66. The van der Waals surface area contributed by atoms with E-state index in [0.29, 0.717) is 5.56 Å². The van der Waals surface area contributed by atoms with E-state index in [1.165, 1.54) is 0 Å². The summed E-state index contributed by atoms with van der Waals surface area (Å²) in [7, 11) is 0. The fourth-order valence-corrected chi connectivity index (χ4v) is 1.44. The van der Waals surface area contributed by atoms with Gasteiger partial charge in [0.15, 0.2) is 0 Å². The third-order valence-electron chi connectivity index (χ3n) is 2.28.